The highest BCUT2D eigenvalue weighted by Crippen LogP contribution is 2.08. The highest BCUT2D eigenvalue weighted by molar-refractivity contribution is 5.82. The second-order valence-corrected chi connectivity index (χ2v) is 4.73. The van der Waals surface area contributed by atoms with Crippen molar-refractivity contribution in [2.45, 2.75) is 45.3 Å². The summed E-state index contributed by atoms with van der Waals surface area (Å²) in [6.07, 6.45) is -0.709. The van der Waals surface area contributed by atoms with E-state index in [1.165, 1.54) is 7.11 Å². The first kappa shape index (κ1) is 16.2. The summed E-state index contributed by atoms with van der Waals surface area (Å²) in [5, 5.41) is 2.34. The fraction of sp³-hybridized carbons (Fsp3) is 0.727. The molecule has 0 aromatic heterocycles. The van der Waals surface area contributed by atoms with Crippen LogP contribution in [0.1, 0.15) is 33.6 Å². The fourth-order valence-electron chi connectivity index (χ4n) is 1.13. The quantitative estimate of drug-likeness (QED) is 0.692. The minimum Gasteiger partial charge on any atom is -0.467 e. The van der Waals surface area contributed by atoms with Gasteiger partial charge in [-0.2, -0.15) is 0 Å². The summed E-state index contributed by atoms with van der Waals surface area (Å²) in [4.78, 5) is 33.5. The van der Waals surface area contributed by atoms with Crippen LogP contribution in [0, 0.1) is 0 Å². The second kappa shape index (κ2) is 6.83. The standard InChI is InChI=1S/C11H20N2O5/c1-11(2,3)18-10(16)13-7(9(15)17-4)5-6-8(12)14/h7H,5-6H2,1-4H3,(H2,12,14)(H,13,16)/t7-/m0/s1. The van der Waals surface area contributed by atoms with Gasteiger partial charge in [-0.05, 0) is 27.2 Å². The van der Waals surface area contributed by atoms with E-state index in [9.17, 15) is 14.4 Å². The minimum atomic E-state index is -0.947. The number of hydrogen-bond donors (Lipinski definition) is 2. The third-order valence-electron chi connectivity index (χ3n) is 1.86. The van der Waals surface area contributed by atoms with E-state index in [0.29, 0.717) is 0 Å². The van der Waals surface area contributed by atoms with Crippen LogP contribution >= 0.6 is 0 Å². The Kier molecular flexibility index (Phi) is 6.15. The van der Waals surface area contributed by atoms with Crippen molar-refractivity contribution in [2.24, 2.45) is 5.73 Å². The summed E-state index contributed by atoms with van der Waals surface area (Å²) in [6, 6.07) is -0.947. The van der Waals surface area contributed by atoms with Crippen LogP contribution in [0.4, 0.5) is 4.79 Å². The Hall–Kier alpha value is -1.79. The van der Waals surface area contributed by atoms with Crippen LogP contribution in [0.3, 0.4) is 0 Å². The molecule has 7 heteroatoms. The normalized spacial score (nSPS) is 12.4. The molecule has 0 fully saturated rings. The van der Waals surface area contributed by atoms with E-state index in [1.807, 2.05) is 0 Å². The molecule has 0 saturated carbocycles. The van der Waals surface area contributed by atoms with Gasteiger partial charge in [-0.1, -0.05) is 0 Å². The van der Waals surface area contributed by atoms with Crippen molar-refractivity contribution in [1.29, 1.82) is 0 Å². The lowest BCUT2D eigenvalue weighted by molar-refractivity contribution is -0.143. The van der Waals surface area contributed by atoms with Crippen LogP contribution < -0.4 is 11.1 Å². The number of nitrogens with one attached hydrogen (secondary N) is 1. The van der Waals surface area contributed by atoms with Crippen LogP contribution in [0.15, 0.2) is 0 Å². The molecule has 0 rings (SSSR count). The van der Waals surface area contributed by atoms with Crippen molar-refractivity contribution >= 4 is 18.0 Å². The van der Waals surface area contributed by atoms with Crippen molar-refractivity contribution in [3.05, 3.63) is 0 Å². The summed E-state index contributed by atoms with van der Waals surface area (Å²) in [5.41, 5.74) is 4.31. The van der Waals surface area contributed by atoms with Gasteiger partial charge in [0.1, 0.15) is 11.6 Å². The largest absolute Gasteiger partial charge is 0.467 e. The van der Waals surface area contributed by atoms with E-state index in [2.05, 4.69) is 10.1 Å². The van der Waals surface area contributed by atoms with Gasteiger partial charge in [-0.3, -0.25) is 4.79 Å². The van der Waals surface area contributed by atoms with Gasteiger partial charge in [0.15, 0.2) is 0 Å². The predicted octanol–water partition coefficient (Wildman–Crippen LogP) is 0.318. The number of carbonyl (C=O) groups is 3. The monoisotopic (exact) mass is 260 g/mol. The highest BCUT2D eigenvalue weighted by atomic mass is 16.6. The SMILES string of the molecule is COC(=O)[C@H](CCC(N)=O)NC(=O)OC(C)(C)C. The number of esters is 1. The molecule has 0 heterocycles. The molecule has 18 heavy (non-hydrogen) atoms. The van der Waals surface area contributed by atoms with Gasteiger partial charge >= 0.3 is 12.1 Å². The number of rotatable bonds is 5. The zero-order chi connectivity index (χ0) is 14.3. The number of alkyl carbamates (subject to hydrolysis) is 1. The van der Waals surface area contributed by atoms with Crippen molar-refractivity contribution in [3.63, 3.8) is 0 Å². The Morgan fingerprint density at radius 2 is 1.83 bits per heavy atom. The smallest absolute Gasteiger partial charge is 0.408 e. The molecule has 7 nitrogen and oxygen atoms in total. The maximum absolute atomic E-state index is 11.5. The van der Waals surface area contributed by atoms with E-state index in [4.69, 9.17) is 10.5 Å². The van der Waals surface area contributed by atoms with Gasteiger partial charge in [0.05, 0.1) is 7.11 Å². The Morgan fingerprint density at radius 3 is 2.22 bits per heavy atom. The topological polar surface area (TPSA) is 108 Å². The number of carbonyl (C=O) groups excluding carboxylic acids is 3. The average molecular weight is 260 g/mol. The lowest BCUT2D eigenvalue weighted by Crippen LogP contribution is -2.44. The van der Waals surface area contributed by atoms with Crippen molar-refractivity contribution in [2.75, 3.05) is 7.11 Å². The Bertz CT molecular complexity index is 322. The summed E-state index contributed by atoms with van der Waals surface area (Å²) >= 11 is 0. The average Bonchev–Trinajstić information content (AvgIpc) is 2.20. The lowest BCUT2D eigenvalue weighted by Gasteiger charge is -2.22. The molecule has 0 aromatic rings. The van der Waals surface area contributed by atoms with Gasteiger partial charge in [-0.15, -0.1) is 0 Å². The summed E-state index contributed by atoms with van der Waals surface area (Å²) in [5.74, 6) is -1.21. The Labute approximate surface area is 106 Å². The number of methoxy groups -OCH3 is 1. The lowest BCUT2D eigenvalue weighted by atomic mass is 10.1. The van der Waals surface area contributed by atoms with Crippen molar-refractivity contribution in [1.82, 2.24) is 5.32 Å². The zero-order valence-electron chi connectivity index (χ0n) is 11.1. The molecule has 1 atom stereocenters. The molecule has 104 valence electrons. The molecule has 0 aliphatic rings. The molecule has 3 N–H and O–H groups in total. The maximum atomic E-state index is 11.5. The van der Waals surface area contributed by atoms with Crippen LogP contribution in [-0.4, -0.2) is 36.7 Å². The highest BCUT2D eigenvalue weighted by Gasteiger charge is 2.25. The van der Waals surface area contributed by atoms with E-state index >= 15 is 0 Å². The van der Waals surface area contributed by atoms with E-state index in [-0.39, 0.29) is 12.8 Å². The van der Waals surface area contributed by atoms with Crippen molar-refractivity contribution < 1.29 is 23.9 Å². The molecule has 0 spiro atoms. The van der Waals surface area contributed by atoms with Crippen LogP contribution in [0.5, 0.6) is 0 Å². The molecule has 0 aliphatic carbocycles. The fourth-order valence-corrected chi connectivity index (χ4v) is 1.13. The van der Waals surface area contributed by atoms with Crippen molar-refractivity contribution in [3.8, 4) is 0 Å². The first-order valence-electron chi connectivity index (χ1n) is 5.51. The second-order valence-electron chi connectivity index (χ2n) is 4.73. The number of primary amides is 1. The van der Waals surface area contributed by atoms with Gasteiger partial charge in [-0.25, -0.2) is 9.59 Å². The minimum absolute atomic E-state index is 0.0322. The maximum Gasteiger partial charge on any atom is 0.408 e. The van der Waals surface area contributed by atoms with Crippen LogP contribution in [0.2, 0.25) is 0 Å². The summed E-state index contributed by atoms with van der Waals surface area (Å²) in [6.45, 7) is 5.09. The number of amides is 2. The van der Waals surface area contributed by atoms with Gasteiger partial charge in [0.2, 0.25) is 5.91 Å². The molecule has 0 aliphatic heterocycles. The summed E-state index contributed by atoms with van der Waals surface area (Å²) < 4.78 is 9.51. The number of nitrogens with two attached hydrogens (primary N) is 1. The molecular weight excluding hydrogens is 240 g/mol. The third kappa shape index (κ3) is 7.48. The number of ether oxygens (including phenoxy) is 2. The predicted molar refractivity (Wildman–Crippen MR) is 63.6 cm³/mol. The van der Waals surface area contributed by atoms with E-state index in [1.54, 1.807) is 20.8 Å². The number of hydrogen-bond acceptors (Lipinski definition) is 5. The molecule has 0 bridgehead atoms. The summed E-state index contributed by atoms with van der Waals surface area (Å²) in [7, 11) is 1.19. The van der Waals surface area contributed by atoms with Gasteiger partial charge < -0.3 is 20.5 Å². The Balaban J connectivity index is 4.45. The van der Waals surface area contributed by atoms with Crippen LogP contribution in [-0.2, 0) is 19.1 Å². The molecular formula is C11H20N2O5. The van der Waals surface area contributed by atoms with Crippen LogP contribution in [0.25, 0.3) is 0 Å². The van der Waals surface area contributed by atoms with E-state index < -0.39 is 29.6 Å². The first-order chi connectivity index (χ1) is 8.15. The third-order valence-corrected chi connectivity index (χ3v) is 1.86. The Morgan fingerprint density at radius 1 is 1.28 bits per heavy atom. The zero-order valence-corrected chi connectivity index (χ0v) is 11.1. The molecule has 0 saturated heterocycles. The molecule has 0 radical (unpaired) electrons. The molecule has 2 amide bonds. The van der Waals surface area contributed by atoms with Gasteiger partial charge in [0, 0.05) is 6.42 Å². The first-order valence-corrected chi connectivity index (χ1v) is 5.51. The van der Waals surface area contributed by atoms with Gasteiger partial charge in [0.25, 0.3) is 0 Å². The molecule has 0 unspecified atom stereocenters. The van der Waals surface area contributed by atoms with E-state index in [0.717, 1.165) is 0 Å². The molecule has 0 aromatic carbocycles.